The monoisotopic (exact) mass is 415 g/mol. The highest BCUT2D eigenvalue weighted by Crippen LogP contribution is 2.47. The summed E-state index contributed by atoms with van der Waals surface area (Å²) in [7, 11) is 0. The molecule has 2 heterocycles. The molecule has 1 fully saturated rings. The minimum absolute atomic E-state index is 0.268. The Kier molecular flexibility index (Phi) is 5.77. The van der Waals surface area contributed by atoms with Crippen molar-refractivity contribution < 1.29 is 9.53 Å². The number of nitrogens with zero attached hydrogens (tertiary/aromatic N) is 1. The van der Waals surface area contributed by atoms with Crippen LogP contribution in [-0.4, -0.2) is 30.3 Å². The van der Waals surface area contributed by atoms with Crippen molar-refractivity contribution in [1.82, 2.24) is 4.90 Å². The van der Waals surface area contributed by atoms with Crippen LogP contribution in [0.2, 0.25) is 10.0 Å². The summed E-state index contributed by atoms with van der Waals surface area (Å²) < 4.78 is 6.11. The third-order valence-corrected chi connectivity index (χ3v) is 5.93. The number of hydrogen-bond donors (Lipinski definition) is 0. The SMILES string of the molecule is CC(=O)CCCN1CCC(=C2c3cc(Cl)ccc3Oc3ccc(Cl)cc32)CC1. The largest absolute Gasteiger partial charge is 0.456 e. The number of halogens is 2. The lowest BCUT2D eigenvalue weighted by molar-refractivity contribution is -0.117. The van der Waals surface area contributed by atoms with Gasteiger partial charge in [-0.1, -0.05) is 28.8 Å². The smallest absolute Gasteiger partial charge is 0.135 e. The van der Waals surface area contributed by atoms with Crippen molar-refractivity contribution >= 4 is 34.6 Å². The normalized spacial score (nSPS) is 16.4. The highest BCUT2D eigenvalue weighted by atomic mass is 35.5. The Morgan fingerprint density at radius 3 is 2.11 bits per heavy atom. The molecule has 2 aliphatic heterocycles. The van der Waals surface area contributed by atoms with Crippen LogP contribution in [0.5, 0.6) is 11.5 Å². The first-order chi connectivity index (χ1) is 13.5. The van der Waals surface area contributed by atoms with Gasteiger partial charge < -0.3 is 14.4 Å². The Balaban J connectivity index is 1.65. The van der Waals surface area contributed by atoms with Gasteiger partial charge in [0.15, 0.2) is 0 Å². The van der Waals surface area contributed by atoms with Gasteiger partial charge in [-0.2, -0.15) is 0 Å². The van der Waals surface area contributed by atoms with Crippen LogP contribution in [0.3, 0.4) is 0 Å². The van der Waals surface area contributed by atoms with Crippen LogP contribution in [0.4, 0.5) is 0 Å². The van der Waals surface area contributed by atoms with Gasteiger partial charge in [0.2, 0.25) is 0 Å². The number of benzene rings is 2. The van der Waals surface area contributed by atoms with Gasteiger partial charge in [-0.05, 0) is 74.7 Å². The molecule has 1 saturated heterocycles. The third kappa shape index (κ3) is 4.12. The molecule has 0 aromatic heterocycles. The summed E-state index contributed by atoms with van der Waals surface area (Å²) in [6, 6.07) is 11.6. The molecule has 3 nitrogen and oxygen atoms in total. The fraction of sp³-hybridized carbons (Fsp3) is 0.348. The second kappa shape index (κ2) is 8.28. The molecule has 4 rings (SSSR count). The highest BCUT2D eigenvalue weighted by molar-refractivity contribution is 6.31. The average molecular weight is 416 g/mol. The molecule has 0 bridgehead atoms. The molecular weight excluding hydrogens is 393 g/mol. The first-order valence-corrected chi connectivity index (χ1v) is 10.5. The Morgan fingerprint density at radius 1 is 1.00 bits per heavy atom. The fourth-order valence-electron chi connectivity index (χ4n) is 4.07. The lowest BCUT2D eigenvalue weighted by Gasteiger charge is -2.32. The lowest BCUT2D eigenvalue weighted by atomic mass is 9.86. The van der Waals surface area contributed by atoms with Gasteiger partial charge in [0.05, 0.1) is 0 Å². The predicted octanol–water partition coefficient (Wildman–Crippen LogP) is 6.37. The Labute approximate surface area is 175 Å². The van der Waals surface area contributed by atoms with Gasteiger partial charge in [-0.15, -0.1) is 0 Å². The van der Waals surface area contributed by atoms with Gasteiger partial charge >= 0.3 is 0 Å². The van der Waals surface area contributed by atoms with Crippen LogP contribution in [0.1, 0.15) is 43.7 Å². The first-order valence-electron chi connectivity index (χ1n) is 9.73. The molecule has 0 saturated carbocycles. The van der Waals surface area contributed by atoms with E-state index in [0.717, 1.165) is 61.5 Å². The van der Waals surface area contributed by atoms with E-state index >= 15 is 0 Å². The van der Waals surface area contributed by atoms with E-state index in [-0.39, 0.29) is 5.78 Å². The van der Waals surface area contributed by atoms with E-state index in [0.29, 0.717) is 16.5 Å². The zero-order valence-corrected chi connectivity index (χ0v) is 17.4. The second-order valence-electron chi connectivity index (χ2n) is 7.51. The molecule has 0 aliphatic carbocycles. The maximum absolute atomic E-state index is 11.2. The molecule has 0 atom stereocenters. The number of carbonyl (C=O) groups is 1. The van der Waals surface area contributed by atoms with E-state index in [9.17, 15) is 4.79 Å². The van der Waals surface area contributed by atoms with Gasteiger partial charge in [-0.25, -0.2) is 0 Å². The van der Waals surface area contributed by atoms with E-state index in [2.05, 4.69) is 4.90 Å². The van der Waals surface area contributed by atoms with Crippen molar-refractivity contribution in [2.24, 2.45) is 0 Å². The minimum atomic E-state index is 0.268. The zero-order valence-electron chi connectivity index (χ0n) is 15.9. The van der Waals surface area contributed by atoms with Crippen molar-refractivity contribution in [2.45, 2.75) is 32.6 Å². The number of piperidine rings is 1. The number of likely N-dealkylation sites (tertiary alicyclic amines) is 1. The number of fused-ring (bicyclic) bond motifs is 2. The fourth-order valence-corrected chi connectivity index (χ4v) is 4.41. The summed E-state index contributed by atoms with van der Waals surface area (Å²) in [5.41, 5.74) is 4.72. The van der Waals surface area contributed by atoms with Crippen LogP contribution in [-0.2, 0) is 4.79 Å². The standard InChI is InChI=1S/C23H23Cl2NO2/c1-15(27)3-2-10-26-11-8-16(9-12-26)23-19-13-17(24)4-6-21(19)28-22-7-5-18(25)14-20(22)23/h4-7,13-14H,2-3,8-12H2,1H3. The Morgan fingerprint density at radius 2 is 1.57 bits per heavy atom. The molecule has 0 unspecified atom stereocenters. The van der Waals surface area contributed by atoms with E-state index in [1.807, 2.05) is 36.4 Å². The van der Waals surface area contributed by atoms with Gasteiger partial charge in [0, 0.05) is 40.7 Å². The van der Waals surface area contributed by atoms with Crippen LogP contribution >= 0.6 is 23.2 Å². The molecule has 28 heavy (non-hydrogen) atoms. The zero-order chi connectivity index (χ0) is 19.7. The first kappa shape index (κ1) is 19.5. The van der Waals surface area contributed by atoms with Crippen LogP contribution in [0.25, 0.3) is 5.57 Å². The van der Waals surface area contributed by atoms with Gasteiger partial charge in [0.1, 0.15) is 17.3 Å². The Hall–Kier alpha value is -1.81. The van der Waals surface area contributed by atoms with Gasteiger partial charge in [-0.3, -0.25) is 0 Å². The molecule has 0 N–H and O–H groups in total. The number of rotatable bonds is 4. The van der Waals surface area contributed by atoms with Crippen molar-refractivity contribution in [2.75, 3.05) is 19.6 Å². The molecule has 0 radical (unpaired) electrons. The predicted molar refractivity (Wildman–Crippen MR) is 115 cm³/mol. The number of carbonyl (C=O) groups excluding carboxylic acids is 1. The molecule has 0 spiro atoms. The van der Waals surface area contributed by atoms with Crippen molar-refractivity contribution in [3.63, 3.8) is 0 Å². The summed E-state index contributed by atoms with van der Waals surface area (Å²) >= 11 is 12.6. The molecule has 0 amide bonds. The molecule has 2 aromatic carbocycles. The summed E-state index contributed by atoms with van der Waals surface area (Å²) in [5, 5.41) is 1.40. The van der Waals surface area contributed by atoms with E-state index < -0.39 is 0 Å². The average Bonchev–Trinajstić information content (AvgIpc) is 2.67. The Bertz CT molecular complexity index is 888. The van der Waals surface area contributed by atoms with E-state index in [1.54, 1.807) is 6.92 Å². The van der Waals surface area contributed by atoms with E-state index in [4.69, 9.17) is 27.9 Å². The van der Waals surface area contributed by atoms with Crippen molar-refractivity contribution in [3.8, 4) is 11.5 Å². The maximum Gasteiger partial charge on any atom is 0.135 e. The van der Waals surface area contributed by atoms with Crippen molar-refractivity contribution in [1.29, 1.82) is 0 Å². The van der Waals surface area contributed by atoms with Crippen LogP contribution < -0.4 is 4.74 Å². The number of ether oxygens (including phenoxy) is 1. The van der Waals surface area contributed by atoms with Crippen LogP contribution in [0.15, 0.2) is 42.0 Å². The summed E-state index contributed by atoms with van der Waals surface area (Å²) in [6.07, 6.45) is 3.59. The minimum Gasteiger partial charge on any atom is -0.456 e. The van der Waals surface area contributed by atoms with Crippen LogP contribution in [0, 0.1) is 0 Å². The number of Topliss-reactive ketones (excluding diaryl/α,β-unsaturated/α-hetero) is 1. The topological polar surface area (TPSA) is 29.5 Å². The summed E-state index contributed by atoms with van der Waals surface area (Å²) in [4.78, 5) is 13.6. The highest BCUT2D eigenvalue weighted by Gasteiger charge is 2.27. The number of hydrogen-bond acceptors (Lipinski definition) is 3. The van der Waals surface area contributed by atoms with Crippen molar-refractivity contribution in [3.05, 3.63) is 63.1 Å². The molecule has 2 aliphatic rings. The van der Waals surface area contributed by atoms with E-state index in [1.165, 1.54) is 11.1 Å². The summed E-state index contributed by atoms with van der Waals surface area (Å²) in [6.45, 7) is 4.65. The third-order valence-electron chi connectivity index (χ3n) is 5.46. The second-order valence-corrected chi connectivity index (χ2v) is 8.38. The summed E-state index contributed by atoms with van der Waals surface area (Å²) in [5.74, 6) is 1.94. The molecular formula is C23H23Cl2NO2. The molecule has 5 heteroatoms. The molecule has 146 valence electrons. The molecule has 2 aromatic rings. The number of ketones is 1. The maximum atomic E-state index is 11.2. The van der Waals surface area contributed by atoms with Gasteiger partial charge in [0.25, 0.3) is 0 Å². The quantitative estimate of drug-likeness (QED) is 0.495. The lowest BCUT2D eigenvalue weighted by Crippen LogP contribution is -2.32.